The lowest BCUT2D eigenvalue weighted by atomic mass is 10.0. The van der Waals surface area contributed by atoms with Crippen molar-refractivity contribution < 1.29 is 37.3 Å². The van der Waals surface area contributed by atoms with Gasteiger partial charge >= 0.3 is 13.8 Å². The van der Waals surface area contributed by atoms with Crippen molar-refractivity contribution in [2.24, 2.45) is 0 Å². The van der Waals surface area contributed by atoms with Crippen LogP contribution in [0.25, 0.3) is 0 Å². The van der Waals surface area contributed by atoms with Gasteiger partial charge in [-0.1, -0.05) is 338 Å². The number of rotatable bonds is 68. The fraction of sp³-hybridized carbons (Fsp3) is 0.818. The van der Waals surface area contributed by atoms with Gasteiger partial charge in [-0.2, -0.15) is 0 Å². The molecule has 0 aliphatic carbocycles. The topological polar surface area (TPSA) is 111 Å². The fourth-order valence-electron chi connectivity index (χ4n) is 11.0. The molecule has 0 aromatic heterocycles. The Morgan fingerprint density at radius 2 is 0.736 bits per heavy atom. The summed E-state index contributed by atoms with van der Waals surface area (Å²) < 4.78 is 30.9. The molecule has 0 aromatic rings. The molecular formula is C77H144N2O7P+. The van der Waals surface area contributed by atoms with Crippen molar-refractivity contribution in [2.45, 2.75) is 367 Å². The van der Waals surface area contributed by atoms with Gasteiger partial charge in [0.2, 0.25) is 5.91 Å². The van der Waals surface area contributed by atoms with Gasteiger partial charge in [0.25, 0.3) is 0 Å². The highest BCUT2D eigenvalue weighted by molar-refractivity contribution is 7.47. The molecule has 9 nitrogen and oxygen atoms in total. The Labute approximate surface area is 540 Å². The van der Waals surface area contributed by atoms with Crippen LogP contribution in [0, 0.1) is 0 Å². The zero-order chi connectivity index (χ0) is 63.5. The standard InChI is InChI=1S/C77H143N2O7P/c1-7-10-13-16-19-22-25-28-30-32-34-36-37-38-39-40-41-43-44-46-48-51-54-57-60-63-66-69-76(80)78-74(73-85-87(82,83)84-72-71-79(4,5)6)75(68-65-62-59-56-53-50-27-24-21-18-15-12-9-3)86-77(81)70-67-64-61-58-55-52-49-47-45-42-35-33-31-29-26-23-20-17-14-11-8-2/h10,13,19,22,28,30,34,36,38-39,65,68,74-75H,7-9,11-12,14-18,20-21,23-27,29,31-33,35,37,40-64,66-67,69-73H2,1-6H3,(H-,78,80,82,83)/p+1/b13-10-,22-19-,30-28-,36-34-,39-38-,68-65-. The molecule has 10 heteroatoms. The number of esters is 1. The quantitative estimate of drug-likeness (QED) is 0.0205. The largest absolute Gasteiger partial charge is 0.472 e. The highest BCUT2D eigenvalue weighted by atomic mass is 31.2. The van der Waals surface area contributed by atoms with Crippen LogP contribution in [0.4, 0.5) is 0 Å². The van der Waals surface area contributed by atoms with Gasteiger partial charge < -0.3 is 19.4 Å². The predicted octanol–water partition coefficient (Wildman–Crippen LogP) is 23.9. The first kappa shape index (κ1) is 84.5. The van der Waals surface area contributed by atoms with E-state index in [1.165, 1.54) is 231 Å². The molecule has 1 amide bonds. The van der Waals surface area contributed by atoms with E-state index in [1.54, 1.807) is 0 Å². The summed E-state index contributed by atoms with van der Waals surface area (Å²) in [5.41, 5.74) is 0. The van der Waals surface area contributed by atoms with Crippen LogP contribution in [0.3, 0.4) is 0 Å². The van der Waals surface area contributed by atoms with E-state index in [1.807, 2.05) is 27.2 Å². The summed E-state index contributed by atoms with van der Waals surface area (Å²) in [6, 6.07) is -0.852. The smallest absolute Gasteiger partial charge is 0.456 e. The first-order chi connectivity index (χ1) is 42.4. The van der Waals surface area contributed by atoms with Gasteiger partial charge in [0, 0.05) is 12.8 Å². The number of quaternary nitrogens is 1. The molecule has 87 heavy (non-hydrogen) atoms. The maximum atomic E-state index is 13.6. The summed E-state index contributed by atoms with van der Waals surface area (Å²) in [4.78, 5) is 38.0. The molecule has 0 radical (unpaired) electrons. The predicted molar refractivity (Wildman–Crippen MR) is 378 cm³/mol. The van der Waals surface area contributed by atoms with Gasteiger partial charge in [-0.25, -0.2) is 4.57 Å². The van der Waals surface area contributed by atoms with Crippen LogP contribution in [-0.2, 0) is 27.9 Å². The molecule has 0 saturated heterocycles. The fourth-order valence-corrected chi connectivity index (χ4v) is 11.7. The Balaban J connectivity index is 5.03. The minimum atomic E-state index is -4.46. The lowest BCUT2D eigenvalue weighted by molar-refractivity contribution is -0.870. The van der Waals surface area contributed by atoms with Gasteiger partial charge in [0.15, 0.2) is 0 Å². The number of likely N-dealkylation sites (N-methyl/N-ethyl adjacent to an activating group) is 1. The minimum absolute atomic E-state index is 0.0397. The van der Waals surface area contributed by atoms with Gasteiger partial charge in [-0.15, -0.1) is 0 Å². The molecular weight excluding hydrogens is 1100 g/mol. The second-order valence-electron chi connectivity index (χ2n) is 26.4. The van der Waals surface area contributed by atoms with Crippen molar-refractivity contribution in [1.82, 2.24) is 5.32 Å². The lowest BCUT2D eigenvalue weighted by Crippen LogP contribution is -2.47. The zero-order valence-electron chi connectivity index (χ0n) is 58.3. The third-order valence-corrected chi connectivity index (χ3v) is 17.6. The van der Waals surface area contributed by atoms with E-state index in [0.717, 1.165) is 89.9 Å². The van der Waals surface area contributed by atoms with Gasteiger partial charge in [0.05, 0.1) is 33.8 Å². The maximum absolute atomic E-state index is 13.6. The van der Waals surface area contributed by atoms with Crippen LogP contribution in [0.1, 0.15) is 355 Å². The Kier molecular flexibility index (Phi) is 64.4. The number of carbonyl (C=O) groups excluding carboxylic acids is 2. The van der Waals surface area contributed by atoms with Gasteiger partial charge in [0.1, 0.15) is 19.3 Å². The van der Waals surface area contributed by atoms with Crippen LogP contribution < -0.4 is 5.32 Å². The average Bonchev–Trinajstić information content (AvgIpc) is 3.69. The third-order valence-electron chi connectivity index (χ3n) is 16.7. The number of ether oxygens (including phenoxy) is 1. The van der Waals surface area contributed by atoms with Crippen LogP contribution in [-0.4, -0.2) is 74.3 Å². The number of nitrogens with zero attached hydrogens (tertiary/aromatic N) is 1. The molecule has 3 unspecified atom stereocenters. The van der Waals surface area contributed by atoms with E-state index in [0.29, 0.717) is 23.9 Å². The number of unbranched alkanes of at least 4 members (excludes halogenated alkanes) is 42. The number of allylic oxidation sites excluding steroid dienone is 11. The summed E-state index contributed by atoms with van der Waals surface area (Å²) >= 11 is 0. The van der Waals surface area contributed by atoms with Crippen molar-refractivity contribution >= 4 is 19.7 Å². The van der Waals surface area contributed by atoms with Gasteiger partial charge in [-0.05, 0) is 76.7 Å². The highest BCUT2D eigenvalue weighted by Crippen LogP contribution is 2.43. The lowest BCUT2D eigenvalue weighted by Gasteiger charge is -2.27. The molecule has 3 atom stereocenters. The molecule has 0 spiro atoms. The normalized spacial score (nSPS) is 13.9. The monoisotopic (exact) mass is 1240 g/mol. The Hall–Kier alpha value is -2.55. The number of carbonyl (C=O) groups is 2. The number of phosphoric acid groups is 1. The Bertz CT molecular complexity index is 1720. The molecule has 0 aliphatic heterocycles. The number of hydrogen-bond acceptors (Lipinski definition) is 6. The van der Waals surface area contributed by atoms with E-state index in [9.17, 15) is 19.0 Å². The zero-order valence-corrected chi connectivity index (χ0v) is 59.2. The molecule has 0 heterocycles. The second kappa shape index (κ2) is 66.4. The maximum Gasteiger partial charge on any atom is 0.472 e. The van der Waals surface area contributed by atoms with Crippen molar-refractivity contribution in [1.29, 1.82) is 0 Å². The molecule has 2 N–H and O–H groups in total. The Morgan fingerprint density at radius 1 is 0.414 bits per heavy atom. The first-order valence-corrected chi connectivity index (χ1v) is 38.8. The number of amides is 1. The van der Waals surface area contributed by atoms with E-state index in [-0.39, 0.29) is 25.1 Å². The first-order valence-electron chi connectivity index (χ1n) is 37.3. The SMILES string of the molecule is CC/C=C\C/C=C\C/C=C\C/C=C\C/C=C\CCCCCCCCCCCCCC(=O)NC(COP(=O)(O)OCC[N+](C)(C)C)C(/C=C\CCCCCCCCCCCCC)OC(=O)CCCCCCCCCCCCCCCCCCCCCCC. The van der Waals surface area contributed by atoms with Crippen LogP contribution in [0.2, 0.25) is 0 Å². The summed E-state index contributed by atoms with van der Waals surface area (Å²) in [7, 11) is 1.50. The third kappa shape index (κ3) is 67.7. The molecule has 0 fully saturated rings. The van der Waals surface area contributed by atoms with Crippen molar-refractivity contribution in [3.63, 3.8) is 0 Å². The molecule has 0 saturated carbocycles. The van der Waals surface area contributed by atoms with Crippen molar-refractivity contribution in [2.75, 3.05) is 40.9 Å². The summed E-state index contributed by atoms with van der Waals surface area (Å²) in [6.45, 7) is 6.95. The molecule has 508 valence electrons. The van der Waals surface area contributed by atoms with E-state index in [2.05, 4.69) is 92.9 Å². The molecule has 0 aromatic carbocycles. The summed E-state index contributed by atoms with van der Waals surface area (Å²) in [6.07, 6.45) is 87.7. The highest BCUT2D eigenvalue weighted by Gasteiger charge is 2.30. The molecule has 0 rings (SSSR count). The summed E-state index contributed by atoms with van der Waals surface area (Å²) in [5, 5.41) is 3.08. The number of phosphoric ester groups is 1. The minimum Gasteiger partial charge on any atom is -0.456 e. The Morgan fingerprint density at radius 3 is 1.10 bits per heavy atom. The van der Waals surface area contributed by atoms with E-state index < -0.39 is 20.0 Å². The summed E-state index contributed by atoms with van der Waals surface area (Å²) in [5.74, 6) is -0.493. The molecule has 0 aliphatic rings. The van der Waals surface area contributed by atoms with Crippen molar-refractivity contribution in [3.8, 4) is 0 Å². The second-order valence-corrected chi connectivity index (χ2v) is 27.9. The van der Waals surface area contributed by atoms with Crippen LogP contribution in [0.15, 0.2) is 72.9 Å². The van der Waals surface area contributed by atoms with E-state index in [4.69, 9.17) is 13.8 Å². The van der Waals surface area contributed by atoms with Crippen LogP contribution >= 0.6 is 7.82 Å². The van der Waals surface area contributed by atoms with Crippen molar-refractivity contribution in [3.05, 3.63) is 72.9 Å². The van der Waals surface area contributed by atoms with Gasteiger partial charge in [-0.3, -0.25) is 18.6 Å². The number of hydrogen-bond donors (Lipinski definition) is 2. The number of nitrogens with one attached hydrogen (secondary N) is 1. The molecule has 0 bridgehead atoms. The van der Waals surface area contributed by atoms with E-state index >= 15 is 0 Å². The average molecular weight is 1240 g/mol. The van der Waals surface area contributed by atoms with Crippen LogP contribution in [0.5, 0.6) is 0 Å².